The van der Waals surface area contributed by atoms with Gasteiger partial charge in [-0.15, -0.1) is 0 Å². The monoisotopic (exact) mass is 689 g/mol. The molecule has 2 aliphatic rings. The smallest absolute Gasteiger partial charge is 0.164 e. The highest BCUT2D eigenvalue weighted by molar-refractivity contribution is 6.03. The van der Waals surface area contributed by atoms with Gasteiger partial charge in [0.2, 0.25) is 0 Å². The van der Waals surface area contributed by atoms with E-state index in [4.69, 9.17) is 19.7 Å². The molecule has 4 heteroatoms. The van der Waals surface area contributed by atoms with Crippen molar-refractivity contribution in [1.82, 2.24) is 15.0 Å². The van der Waals surface area contributed by atoms with E-state index in [2.05, 4.69) is 164 Å². The second kappa shape index (κ2) is 11.9. The minimum Gasteiger partial charge on any atom is -0.456 e. The van der Waals surface area contributed by atoms with Crippen molar-refractivity contribution >= 4 is 10.8 Å². The number of para-hydroxylation sites is 1. The van der Waals surface area contributed by atoms with Crippen molar-refractivity contribution in [1.29, 1.82) is 0 Å². The Morgan fingerprint density at radius 3 is 1.46 bits per heavy atom. The lowest BCUT2D eigenvalue weighted by molar-refractivity contribution is 0.442. The molecule has 0 radical (unpaired) electrons. The topological polar surface area (TPSA) is 47.9 Å². The van der Waals surface area contributed by atoms with Gasteiger partial charge in [-0.05, 0) is 50.9 Å². The highest BCUT2D eigenvalue weighted by atomic mass is 16.5. The van der Waals surface area contributed by atoms with Crippen LogP contribution in [0.25, 0.3) is 67.2 Å². The van der Waals surface area contributed by atoms with E-state index in [1.165, 1.54) is 27.8 Å². The van der Waals surface area contributed by atoms with Crippen molar-refractivity contribution in [2.45, 2.75) is 5.41 Å². The molecule has 4 nitrogen and oxygen atoms in total. The molecule has 8 aromatic carbocycles. The lowest BCUT2D eigenvalue weighted by Crippen LogP contribution is -2.32. The van der Waals surface area contributed by atoms with Gasteiger partial charge in [-0.1, -0.05) is 176 Å². The molecular weight excluding hydrogens is 659 g/mol. The largest absolute Gasteiger partial charge is 0.456 e. The van der Waals surface area contributed by atoms with Gasteiger partial charge in [0.15, 0.2) is 17.5 Å². The summed E-state index contributed by atoms with van der Waals surface area (Å²) < 4.78 is 6.98. The summed E-state index contributed by atoms with van der Waals surface area (Å²) in [6.07, 6.45) is 0. The second-order valence-corrected chi connectivity index (χ2v) is 13.9. The SMILES string of the molecule is c1ccc(-c2ccc(-c3nc(-c4ccccc4)nc(-c4cc5c(c6ccccc46)Oc4ccccc4C54c5ccccc5-c5ccccc54)n3)cc2)cc1. The zero-order valence-electron chi connectivity index (χ0n) is 29.1. The van der Waals surface area contributed by atoms with Crippen molar-refractivity contribution in [3.8, 4) is 67.9 Å². The first-order valence-corrected chi connectivity index (χ1v) is 18.3. The molecule has 0 amide bonds. The minimum absolute atomic E-state index is 0.610. The fourth-order valence-electron chi connectivity index (χ4n) is 8.64. The summed E-state index contributed by atoms with van der Waals surface area (Å²) in [6, 6.07) is 66.0. The second-order valence-electron chi connectivity index (χ2n) is 13.9. The number of hydrogen-bond donors (Lipinski definition) is 0. The highest BCUT2D eigenvalue weighted by Gasteiger charge is 2.51. The number of hydrogen-bond acceptors (Lipinski definition) is 4. The Morgan fingerprint density at radius 2 is 0.796 bits per heavy atom. The van der Waals surface area contributed by atoms with Crippen molar-refractivity contribution < 1.29 is 4.74 Å². The van der Waals surface area contributed by atoms with Crippen molar-refractivity contribution in [2.24, 2.45) is 0 Å². The molecule has 1 aromatic heterocycles. The molecule has 0 N–H and O–H groups in total. The molecule has 9 aromatic rings. The number of aromatic nitrogens is 3. The molecule has 0 fully saturated rings. The average Bonchev–Trinajstić information content (AvgIpc) is 3.55. The van der Waals surface area contributed by atoms with Crippen LogP contribution in [0, 0.1) is 0 Å². The maximum Gasteiger partial charge on any atom is 0.164 e. The first kappa shape index (κ1) is 30.5. The quantitative estimate of drug-likeness (QED) is 0.185. The first-order valence-electron chi connectivity index (χ1n) is 18.3. The predicted octanol–water partition coefficient (Wildman–Crippen LogP) is 12.2. The lowest BCUT2D eigenvalue weighted by atomic mass is 9.65. The zero-order valence-corrected chi connectivity index (χ0v) is 29.1. The molecule has 0 saturated heterocycles. The van der Waals surface area contributed by atoms with E-state index in [-0.39, 0.29) is 0 Å². The van der Waals surface area contributed by atoms with Crippen LogP contribution in [-0.2, 0) is 5.41 Å². The van der Waals surface area contributed by atoms with Gasteiger partial charge < -0.3 is 4.74 Å². The third-order valence-corrected chi connectivity index (χ3v) is 11.0. The number of rotatable bonds is 4. The Labute approximate surface area is 313 Å². The van der Waals surface area contributed by atoms with Gasteiger partial charge in [0.25, 0.3) is 0 Å². The molecular formula is C50H31N3O. The van der Waals surface area contributed by atoms with Gasteiger partial charge in [0, 0.05) is 33.2 Å². The van der Waals surface area contributed by atoms with E-state index in [0.29, 0.717) is 17.5 Å². The van der Waals surface area contributed by atoms with Crippen molar-refractivity contribution in [2.75, 3.05) is 0 Å². The van der Waals surface area contributed by atoms with Gasteiger partial charge in [0.1, 0.15) is 11.5 Å². The third-order valence-electron chi connectivity index (χ3n) is 11.0. The van der Waals surface area contributed by atoms with Gasteiger partial charge in [-0.25, -0.2) is 15.0 Å². The standard InChI is InChI=1S/C50H31N3O/c1-3-15-32(16-4-1)33-27-29-35(30-28-33)48-51-47(34-17-5-2-6-18-34)52-49(53-48)40-31-44-46(39-22-8-7-19-36(39)40)54-45-26-14-13-25-43(45)50(44)41-23-11-9-20-37(41)38-21-10-12-24-42(38)50/h1-31H. The Balaban J connectivity index is 1.20. The normalized spacial score (nSPS) is 13.1. The first-order chi connectivity index (χ1) is 26.8. The third kappa shape index (κ3) is 4.47. The van der Waals surface area contributed by atoms with Crippen LogP contribution < -0.4 is 4.74 Å². The van der Waals surface area contributed by atoms with Gasteiger partial charge in [-0.3, -0.25) is 0 Å². The summed E-state index contributed by atoms with van der Waals surface area (Å²) in [5, 5.41) is 2.03. The van der Waals surface area contributed by atoms with E-state index in [0.717, 1.165) is 55.7 Å². The lowest BCUT2D eigenvalue weighted by Gasteiger charge is -2.40. The molecule has 2 heterocycles. The fraction of sp³-hybridized carbons (Fsp3) is 0.0200. The summed E-state index contributed by atoms with van der Waals surface area (Å²) in [5.74, 6) is 3.57. The van der Waals surface area contributed by atoms with Crippen LogP contribution in [0.2, 0.25) is 0 Å². The van der Waals surface area contributed by atoms with E-state index in [1.807, 2.05) is 24.3 Å². The average molecular weight is 690 g/mol. The van der Waals surface area contributed by atoms with Crippen LogP contribution in [0.15, 0.2) is 188 Å². The maximum absolute atomic E-state index is 6.98. The summed E-state index contributed by atoms with van der Waals surface area (Å²) in [4.78, 5) is 15.6. The van der Waals surface area contributed by atoms with Gasteiger partial charge >= 0.3 is 0 Å². The predicted molar refractivity (Wildman–Crippen MR) is 216 cm³/mol. The Bertz CT molecular complexity index is 2860. The number of benzene rings is 8. The van der Waals surface area contributed by atoms with Crippen LogP contribution >= 0.6 is 0 Å². The highest BCUT2D eigenvalue weighted by Crippen LogP contribution is 2.63. The van der Waals surface area contributed by atoms with Gasteiger partial charge in [0.05, 0.1) is 5.41 Å². The summed E-state index contributed by atoms with van der Waals surface area (Å²) >= 11 is 0. The van der Waals surface area contributed by atoms with Crippen LogP contribution in [0.3, 0.4) is 0 Å². The minimum atomic E-state index is -0.623. The molecule has 1 spiro atoms. The fourth-order valence-corrected chi connectivity index (χ4v) is 8.64. The summed E-state index contributed by atoms with van der Waals surface area (Å²) in [6.45, 7) is 0. The molecule has 1 aliphatic heterocycles. The van der Waals surface area contributed by atoms with E-state index < -0.39 is 5.41 Å². The van der Waals surface area contributed by atoms with Crippen LogP contribution in [-0.4, -0.2) is 15.0 Å². The molecule has 0 bridgehead atoms. The number of ether oxygens (including phenoxy) is 1. The summed E-state index contributed by atoms with van der Waals surface area (Å²) in [7, 11) is 0. The molecule has 54 heavy (non-hydrogen) atoms. The molecule has 252 valence electrons. The van der Waals surface area contributed by atoms with Crippen LogP contribution in [0.4, 0.5) is 0 Å². The number of nitrogens with zero attached hydrogens (tertiary/aromatic N) is 3. The Hall–Kier alpha value is -7.17. The van der Waals surface area contributed by atoms with Crippen molar-refractivity contribution in [3.05, 3.63) is 210 Å². The van der Waals surface area contributed by atoms with Crippen LogP contribution in [0.1, 0.15) is 22.3 Å². The number of fused-ring (bicyclic) bond motifs is 11. The van der Waals surface area contributed by atoms with Crippen LogP contribution in [0.5, 0.6) is 11.5 Å². The zero-order chi connectivity index (χ0) is 35.6. The molecule has 0 unspecified atom stereocenters. The van der Waals surface area contributed by atoms with E-state index in [9.17, 15) is 0 Å². The van der Waals surface area contributed by atoms with E-state index >= 15 is 0 Å². The van der Waals surface area contributed by atoms with Crippen molar-refractivity contribution in [3.63, 3.8) is 0 Å². The van der Waals surface area contributed by atoms with Gasteiger partial charge in [-0.2, -0.15) is 0 Å². The Morgan fingerprint density at radius 1 is 0.333 bits per heavy atom. The molecule has 0 saturated carbocycles. The maximum atomic E-state index is 6.98. The Kier molecular flexibility index (Phi) is 6.73. The molecule has 1 aliphatic carbocycles. The summed E-state index contributed by atoms with van der Waals surface area (Å²) in [5.41, 5.74) is 11.6. The molecule has 11 rings (SSSR count). The van der Waals surface area contributed by atoms with E-state index in [1.54, 1.807) is 0 Å². The molecule has 0 atom stereocenters.